The van der Waals surface area contributed by atoms with Gasteiger partial charge in [0, 0.05) is 25.4 Å². The largest absolute Gasteiger partial charge is 0.324 e. The number of pyridine rings is 1. The Morgan fingerprint density at radius 1 is 1.22 bits per heavy atom. The third-order valence-electron chi connectivity index (χ3n) is 4.42. The van der Waals surface area contributed by atoms with Gasteiger partial charge in [0.25, 0.3) is 0 Å². The van der Waals surface area contributed by atoms with Crippen LogP contribution in [0.2, 0.25) is 5.02 Å². The summed E-state index contributed by atoms with van der Waals surface area (Å²) < 4.78 is 1.77. The Morgan fingerprint density at radius 3 is 2.78 bits per heavy atom. The average Bonchev–Trinajstić information content (AvgIpc) is 3.33. The molecule has 7 nitrogen and oxygen atoms in total. The van der Waals surface area contributed by atoms with Gasteiger partial charge < -0.3 is 10.2 Å². The van der Waals surface area contributed by atoms with Crippen molar-refractivity contribution in [3.8, 4) is 5.82 Å². The van der Waals surface area contributed by atoms with Gasteiger partial charge in [0.15, 0.2) is 0 Å². The summed E-state index contributed by atoms with van der Waals surface area (Å²) in [6, 6.07) is 10.7. The molecule has 1 aromatic carbocycles. The van der Waals surface area contributed by atoms with Crippen molar-refractivity contribution in [1.29, 1.82) is 0 Å². The third kappa shape index (κ3) is 3.54. The second-order valence-electron chi connectivity index (χ2n) is 6.22. The van der Waals surface area contributed by atoms with E-state index < -0.39 is 5.92 Å². The molecule has 0 saturated carbocycles. The van der Waals surface area contributed by atoms with Crippen LogP contribution in [0.1, 0.15) is 6.42 Å². The molecule has 27 heavy (non-hydrogen) atoms. The molecular weight excluding hydrogens is 366 g/mol. The summed E-state index contributed by atoms with van der Waals surface area (Å²) in [7, 11) is 0. The maximum atomic E-state index is 12.6. The topological polar surface area (TPSA) is 80.1 Å². The maximum absolute atomic E-state index is 12.6. The molecule has 1 aliphatic heterocycles. The number of aromatic nitrogens is 3. The molecule has 2 amide bonds. The minimum atomic E-state index is -0.443. The number of para-hydroxylation sites is 1. The predicted octanol–water partition coefficient (Wildman–Crippen LogP) is 2.91. The van der Waals surface area contributed by atoms with Crippen LogP contribution in [-0.2, 0) is 9.59 Å². The van der Waals surface area contributed by atoms with Gasteiger partial charge in [-0.05, 0) is 24.3 Å². The van der Waals surface area contributed by atoms with Crippen molar-refractivity contribution in [3.63, 3.8) is 0 Å². The molecule has 1 atom stereocenters. The van der Waals surface area contributed by atoms with Crippen LogP contribution in [0.25, 0.3) is 5.82 Å². The van der Waals surface area contributed by atoms with Crippen molar-refractivity contribution >= 4 is 34.8 Å². The third-order valence-corrected chi connectivity index (χ3v) is 4.74. The van der Waals surface area contributed by atoms with Crippen LogP contribution in [0, 0.1) is 5.92 Å². The van der Waals surface area contributed by atoms with Crippen molar-refractivity contribution in [2.24, 2.45) is 5.92 Å². The summed E-state index contributed by atoms with van der Waals surface area (Å²) in [4.78, 5) is 34.7. The minimum absolute atomic E-state index is 0.114. The molecule has 2 aromatic heterocycles. The average molecular weight is 382 g/mol. The Morgan fingerprint density at radius 2 is 2.07 bits per heavy atom. The van der Waals surface area contributed by atoms with Crippen molar-refractivity contribution in [3.05, 3.63) is 66.3 Å². The highest BCUT2D eigenvalue weighted by Gasteiger charge is 2.35. The molecule has 1 saturated heterocycles. The van der Waals surface area contributed by atoms with Crippen LogP contribution in [0.5, 0.6) is 0 Å². The highest BCUT2D eigenvalue weighted by molar-refractivity contribution is 6.33. The molecule has 0 bridgehead atoms. The van der Waals surface area contributed by atoms with Gasteiger partial charge in [-0.25, -0.2) is 9.97 Å². The molecule has 136 valence electrons. The van der Waals surface area contributed by atoms with Crippen molar-refractivity contribution in [2.45, 2.75) is 6.42 Å². The van der Waals surface area contributed by atoms with Crippen LogP contribution >= 0.6 is 11.6 Å². The van der Waals surface area contributed by atoms with Crippen LogP contribution in [-0.4, -0.2) is 32.9 Å². The lowest BCUT2D eigenvalue weighted by atomic mass is 10.1. The van der Waals surface area contributed by atoms with E-state index in [-0.39, 0.29) is 18.2 Å². The summed E-state index contributed by atoms with van der Waals surface area (Å²) in [5, 5.41) is 3.32. The summed E-state index contributed by atoms with van der Waals surface area (Å²) in [6.07, 6.45) is 6.83. The number of nitrogens with one attached hydrogen (secondary N) is 1. The fourth-order valence-corrected chi connectivity index (χ4v) is 3.28. The van der Waals surface area contributed by atoms with Gasteiger partial charge >= 0.3 is 0 Å². The molecule has 0 radical (unpaired) electrons. The summed E-state index contributed by atoms with van der Waals surface area (Å²) in [6.45, 7) is 0.301. The number of anilines is 2. The fraction of sp³-hybridized carbons (Fsp3) is 0.158. The number of hydrogen-bond acceptors (Lipinski definition) is 4. The van der Waals surface area contributed by atoms with Crippen LogP contribution < -0.4 is 10.2 Å². The molecule has 8 heteroatoms. The summed E-state index contributed by atoms with van der Waals surface area (Å²) >= 11 is 6.17. The van der Waals surface area contributed by atoms with Crippen molar-refractivity contribution < 1.29 is 9.59 Å². The number of nitrogens with zero attached hydrogens (tertiary/aromatic N) is 4. The first-order valence-corrected chi connectivity index (χ1v) is 8.80. The van der Waals surface area contributed by atoms with Crippen LogP contribution in [0.4, 0.5) is 11.4 Å². The van der Waals surface area contributed by atoms with Gasteiger partial charge in [0.05, 0.1) is 28.5 Å². The number of hydrogen-bond donors (Lipinski definition) is 1. The van der Waals surface area contributed by atoms with E-state index in [0.717, 1.165) is 0 Å². The highest BCUT2D eigenvalue weighted by Crippen LogP contribution is 2.31. The van der Waals surface area contributed by atoms with E-state index in [9.17, 15) is 9.59 Å². The normalized spacial score (nSPS) is 16.6. The molecule has 4 rings (SSSR count). The van der Waals surface area contributed by atoms with Crippen LogP contribution in [0.15, 0.2) is 61.3 Å². The number of carbonyl (C=O) groups is 2. The quantitative estimate of drug-likeness (QED) is 0.753. The molecular formula is C19H16ClN5O2. The Balaban J connectivity index is 1.43. The van der Waals surface area contributed by atoms with Crippen molar-refractivity contribution in [2.75, 3.05) is 16.8 Å². The number of benzene rings is 1. The van der Waals surface area contributed by atoms with E-state index in [4.69, 9.17) is 11.6 Å². The maximum Gasteiger partial charge on any atom is 0.229 e. The first-order chi connectivity index (χ1) is 13.1. The molecule has 1 fully saturated rings. The lowest BCUT2D eigenvalue weighted by Crippen LogP contribution is -2.28. The molecule has 3 heterocycles. The second-order valence-corrected chi connectivity index (χ2v) is 6.63. The number of imidazole rings is 1. The standard InChI is InChI=1S/C19H16ClN5O2/c20-15-3-1-2-4-16(15)25-11-13(9-18(25)26)19(27)23-14-5-6-17(22-10-14)24-8-7-21-12-24/h1-8,10,12-13H,9,11H2,(H,23,27). The Kier molecular flexibility index (Phi) is 4.60. The zero-order valence-electron chi connectivity index (χ0n) is 14.2. The van der Waals surface area contributed by atoms with Gasteiger partial charge in [0.1, 0.15) is 12.1 Å². The van der Waals surface area contributed by atoms with E-state index in [1.807, 2.05) is 6.07 Å². The van der Waals surface area contributed by atoms with Crippen LogP contribution in [0.3, 0.4) is 0 Å². The predicted molar refractivity (Wildman–Crippen MR) is 102 cm³/mol. The zero-order chi connectivity index (χ0) is 18.8. The minimum Gasteiger partial charge on any atom is -0.324 e. The summed E-state index contributed by atoms with van der Waals surface area (Å²) in [5.74, 6) is -0.0690. The van der Waals surface area contributed by atoms with Gasteiger partial charge in [-0.15, -0.1) is 0 Å². The van der Waals surface area contributed by atoms with E-state index in [2.05, 4.69) is 15.3 Å². The monoisotopic (exact) mass is 381 g/mol. The van der Waals surface area contributed by atoms with E-state index in [1.165, 1.54) is 0 Å². The molecule has 1 unspecified atom stereocenters. The molecule has 0 spiro atoms. The van der Waals surface area contributed by atoms with E-state index in [0.29, 0.717) is 28.8 Å². The number of rotatable bonds is 4. The smallest absolute Gasteiger partial charge is 0.229 e. The highest BCUT2D eigenvalue weighted by atomic mass is 35.5. The Bertz CT molecular complexity index is 972. The molecule has 3 aromatic rings. The van der Waals surface area contributed by atoms with Gasteiger partial charge in [-0.2, -0.15) is 0 Å². The molecule has 1 N–H and O–H groups in total. The fourth-order valence-electron chi connectivity index (χ4n) is 3.04. The first-order valence-electron chi connectivity index (χ1n) is 8.42. The van der Waals surface area contributed by atoms with Gasteiger partial charge in [0.2, 0.25) is 11.8 Å². The zero-order valence-corrected chi connectivity index (χ0v) is 15.0. The SMILES string of the molecule is O=C(Nc1ccc(-n2ccnc2)nc1)C1CC(=O)N(c2ccccc2Cl)C1. The number of halogens is 1. The Labute approximate surface area is 160 Å². The number of carbonyl (C=O) groups excluding carboxylic acids is 2. The van der Waals surface area contributed by atoms with E-state index >= 15 is 0 Å². The summed E-state index contributed by atoms with van der Waals surface area (Å²) in [5.41, 5.74) is 1.21. The van der Waals surface area contributed by atoms with Gasteiger partial charge in [-0.3, -0.25) is 14.2 Å². The van der Waals surface area contributed by atoms with Crippen molar-refractivity contribution in [1.82, 2.24) is 14.5 Å². The first kappa shape index (κ1) is 17.2. The number of amides is 2. The lowest BCUT2D eigenvalue weighted by molar-refractivity contribution is -0.122. The lowest BCUT2D eigenvalue weighted by Gasteiger charge is -2.18. The second kappa shape index (κ2) is 7.20. The Hall–Kier alpha value is -3.19. The van der Waals surface area contributed by atoms with E-state index in [1.54, 1.807) is 64.7 Å². The molecule has 1 aliphatic rings. The molecule has 0 aliphatic carbocycles. The van der Waals surface area contributed by atoms with Gasteiger partial charge in [-0.1, -0.05) is 23.7 Å².